The lowest BCUT2D eigenvalue weighted by atomic mass is 10.1. The summed E-state index contributed by atoms with van der Waals surface area (Å²) in [5.41, 5.74) is 0.325. The van der Waals surface area contributed by atoms with Gasteiger partial charge >= 0.3 is 5.97 Å². The Kier molecular flexibility index (Phi) is 5.16. The Balaban J connectivity index is 2.33. The number of rotatable bonds is 4. The summed E-state index contributed by atoms with van der Waals surface area (Å²) < 4.78 is 30.1. The Labute approximate surface area is 144 Å². The number of thiophene rings is 1. The van der Waals surface area contributed by atoms with E-state index in [1.165, 1.54) is 31.4 Å². The Morgan fingerprint density at radius 2 is 2.09 bits per heavy atom. The second-order valence-corrected chi connectivity index (χ2v) is 9.01. The van der Waals surface area contributed by atoms with Crippen LogP contribution in [0.3, 0.4) is 0 Å². The number of carbonyl (C=O) groups excluding carboxylic acids is 1. The van der Waals surface area contributed by atoms with Gasteiger partial charge in [-0.2, -0.15) is 0 Å². The van der Waals surface area contributed by atoms with Gasteiger partial charge < -0.3 is 9.84 Å². The van der Waals surface area contributed by atoms with E-state index in [4.69, 9.17) is 11.6 Å². The Hall–Kier alpha value is -1.09. The summed E-state index contributed by atoms with van der Waals surface area (Å²) in [4.78, 5) is 11.4. The number of esters is 1. The molecule has 0 fully saturated rings. The van der Waals surface area contributed by atoms with Crippen molar-refractivity contribution in [2.24, 2.45) is 0 Å². The van der Waals surface area contributed by atoms with Gasteiger partial charge in [0.1, 0.15) is 15.5 Å². The van der Waals surface area contributed by atoms with E-state index in [0.29, 0.717) is 14.4 Å². The lowest BCUT2D eigenvalue weighted by Crippen LogP contribution is -2.05. The maximum atomic E-state index is 12.4. The van der Waals surface area contributed by atoms with E-state index in [1.54, 1.807) is 0 Å². The van der Waals surface area contributed by atoms with Crippen LogP contribution in [-0.4, -0.2) is 26.6 Å². The number of aromatic hydroxyl groups is 1. The summed E-state index contributed by atoms with van der Waals surface area (Å²) in [6, 6.07) is 5.51. The van der Waals surface area contributed by atoms with Crippen LogP contribution < -0.4 is 0 Å². The van der Waals surface area contributed by atoms with E-state index in [2.05, 4.69) is 20.7 Å². The number of ether oxygens (including phenoxy) is 1. The number of benzene rings is 1. The number of phenols is 1. The fourth-order valence-electron chi connectivity index (χ4n) is 1.77. The number of sulfone groups is 1. The van der Waals surface area contributed by atoms with Gasteiger partial charge in [-0.15, -0.1) is 11.3 Å². The largest absolute Gasteiger partial charge is 0.507 e. The summed E-state index contributed by atoms with van der Waals surface area (Å²) in [7, 11) is -2.43. The molecular formula is C13H10BrClO5S2. The highest BCUT2D eigenvalue weighted by Gasteiger charge is 2.23. The molecule has 9 heteroatoms. The molecule has 0 saturated heterocycles. The molecule has 0 saturated carbocycles. The van der Waals surface area contributed by atoms with Crippen LogP contribution in [0.5, 0.6) is 5.75 Å². The minimum absolute atomic E-state index is 0.0241. The third-order valence-electron chi connectivity index (χ3n) is 2.73. The number of carbonyl (C=O) groups is 1. The summed E-state index contributed by atoms with van der Waals surface area (Å²) in [5, 5.41) is 9.80. The third kappa shape index (κ3) is 3.62. The number of phenolic OH excluding ortho intramolecular Hbond substituents is 1. The molecule has 1 aromatic carbocycles. The fraction of sp³-hybridized carbons (Fsp3) is 0.154. The first kappa shape index (κ1) is 17.3. The van der Waals surface area contributed by atoms with E-state index >= 15 is 0 Å². The SMILES string of the molecule is COC(=O)c1ccc(CS(=O)(=O)c2sc(Cl)cc2Br)cc1O. The van der Waals surface area contributed by atoms with Crippen LogP contribution in [0.4, 0.5) is 0 Å². The quantitative estimate of drug-likeness (QED) is 0.757. The standard InChI is InChI=1S/C13H10BrClO5S2/c1-20-12(17)8-3-2-7(4-10(8)16)6-22(18,19)13-9(14)5-11(15)21-13/h2-5,16H,6H2,1H3. The van der Waals surface area contributed by atoms with Gasteiger partial charge in [0, 0.05) is 4.47 Å². The Morgan fingerprint density at radius 1 is 1.41 bits per heavy atom. The van der Waals surface area contributed by atoms with Crippen molar-refractivity contribution in [1.82, 2.24) is 0 Å². The first-order valence-corrected chi connectivity index (χ1v) is 9.46. The number of halogens is 2. The third-order valence-corrected chi connectivity index (χ3v) is 7.45. The van der Waals surface area contributed by atoms with Crippen molar-refractivity contribution >= 4 is 54.7 Å². The van der Waals surface area contributed by atoms with Crippen LogP contribution in [0.25, 0.3) is 0 Å². The second kappa shape index (κ2) is 6.57. The van der Waals surface area contributed by atoms with E-state index in [-0.39, 0.29) is 21.3 Å². The molecule has 22 heavy (non-hydrogen) atoms. The molecule has 0 spiro atoms. The molecule has 0 aliphatic heterocycles. The molecular weight excluding hydrogens is 416 g/mol. The maximum Gasteiger partial charge on any atom is 0.341 e. The number of hydrogen-bond acceptors (Lipinski definition) is 6. The molecule has 0 aliphatic rings. The van der Waals surface area contributed by atoms with Gasteiger partial charge in [0.2, 0.25) is 0 Å². The molecule has 2 aromatic rings. The predicted molar refractivity (Wildman–Crippen MR) is 87.4 cm³/mol. The van der Waals surface area contributed by atoms with Crippen molar-refractivity contribution in [2.45, 2.75) is 9.96 Å². The van der Waals surface area contributed by atoms with Gasteiger partial charge in [-0.3, -0.25) is 0 Å². The molecule has 1 aromatic heterocycles. The van der Waals surface area contributed by atoms with Crippen LogP contribution >= 0.6 is 38.9 Å². The highest BCUT2D eigenvalue weighted by Crippen LogP contribution is 2.36. The van der Waals surface area contributed by atoms with Gasteiger partial charge in [-0.25, -0.2) is 13.2 Å². The summed E-state index contributed by atoms with van der Waals surface area (Å²) in [6.45, 7) is 0. The lowest BCUT2D eigenvalue weighted by molar-refractivity contribution is 0.0597. The molecule has 5 nitrogen and oxygen atoms in total. The van der Waals surface area contributed by atoms with Crippen LogP contribution in [0.1, 0.15) is 15.9 Å². The van der Waals surface area contributed by atoms with E-state index in [1.807, 2.05) is 0 Å². The predicted octanol–water partition coefficient (Wildman–Crippen LogP) is 3.63. The zero-order chi connectivity index (χ0) is 16.5. The normalized spacial score (nSPS) is 11.4. The van der Waals surface area contributed by atoms with Crippen LogP contribution in [-0.2, 0) is 20.3 Å². The zero-order valence-corrected chi connectivity index (χ0v) is 15.1. The highest BCUT2D eigenvalue weighted by atomic mass is 79.9. The number of hydrogen-bond donors (Lipinski definition) is 1. The maximum absolute atomic E-state index is 12.4. The van der Waals surface area contributed by atoms with Crippen LogP contribution in [0, 0.1) is 0 Å². The number of methoxy groups -OCH3 is 1. The van der Waals surface area contributed by atoms with Crippen molar-refractivity contribution in [3.8, 4) is 5.75 Å². The summed E-state index contributed by atoms with van der Waals surface area (Å²) >= 11 is 9.91. The van der Waals surface area contributed by atoms with E-state index < -0.39 is 15.8 Å². The molecule has 0 radical (unpaired) electrons. The van der Waals surface area contributed by atoms with Crippen molar-refractivity contribution in [3.05, 3.63) is 44.2 Å². The van der Waals surface area contributed by atoms with Crippen molar-refractivity contribution < 1.29 is 23.1 Å². The first-order valence-electron chi connectivity index (χ1n) is 5.82. The van der Waals surface area contributed by atoms with Crippen molar-refractivity contribution in [1.29, 1.82) is 0 Å². The molecule has 1 N–H and O–H groups in total. The van der Waals surface area contributed by atoms with Gasteiger partial charge in [0.05, 0.1) is 17.2 Å². The van der Waals surface area contributed by atoms with E-state index in [9.17, 15) is 18.3 Å². The van der Waals surface area contributed by atoms with E-state index in [0.717, 1.165) is 11.3 Å². The fourth-order valence-corrected chi connectivity index (χ4v) is 6.31. The highest BCUT2D eigenvalue weighted by molar-refractivity contribution is 9.10. The molecule has 0 amide bonds. The Bertz CT molecular complexity index is 829. The molecule has 118 valence electrons. The van der Waals surface area contributed by atoms with Gasteiger partial charge in [0.15, 0.2) is 9.84 Å². The average Bonchev–Trinajstić information content (AvgIpc) is 2.77. The Morgan fingerprint density at radius 3 is 2.59 bits per heavy atom. The van der Waals surface area contributed by atoms with Crippen LogP contribution in [0.2, 0.25) is 4.34 Å². The minimum Gasteiger partial charge on any atom is -0.507 e. The second-order valence-electron chi connectivity index (χ2n) is 4.29. The average molecular weight is 426 g/mol. The molecule has 0 unspecified atom stereocenters. The zero-order valence-electron chi connectivity index (χ0n) is 11.2. The van der Waals surface area contributed by atoms with Gasteiger partial charge in [0.25, 0.3) is 0 Å². The monoisotopic (exact) mass is 424 g/mol. The van der Waals surface area contributed by atoms with Gasteiger partial charge in [-0.1, -0.05) is 17.7 Å². The minimum atomic E-state index is -3.62. The summed E-state index contributed by atoms with van der Waals surface area (Å²) in [6.07, 6.45) is 0. The topological polar surface area (TPSA) is 80.7 Å². The molecule has 1 heterocycles. The van der Waals surface area contributed by atoms with Crippen molar-refractivity contribution in [2.75, 3.05) is 7.11 Å². The molecule has 0 bridgehead atoms. The smallest absolute Gasteiger partial charge is 0.341 e. The molecule has 0 atom stereocenters. The van der Waals surface area contributed by atoms with Gasteiger partial charge in [-0.05, 0) is 39.7 Å². The van der Waals surface area contributed by atoms with Crippen molar-refractivity contribution in [3.63, 3.8) is 0 Å². The molecule has 2 rings (SSSR count). The summed E-state index contributed by atoms with van der Waals surface area (Å²) in [5.74, 6) is -1.35. The molecule has 0 aliphatic carbocycles. The first-order chi connectivity index (χ1) is 10.2. The van der Waals surface area contributed by atoms with Crippen LogP contribution in [0.15, 0.2) is 32.9 Å². The lowest BCUT2D eigenvalue weighted by Gasteiger charge is -2.06.